The number of pyridine rings is 1. The molecule has 108 valence electrons. The van der Waals surface area contributed by atoms with E-state index in [1.54, 1.807) is 6.20 Å². The average molecular weight is 301 g/mol. The summed E-state index contributed by atoms with van der Waals surface area (Å²) < 4.78 is 23.0. The van der Waals surface area contributed by atoms with Crippen molar-refractivity contribution in [3.8, 4) is 6.07 Å². The number of nitrogens with zero attached hydrogens (tertiary/aromatic N) is 2. The molecule has 1 N–H and O–H groups in total. The number of para-hydroxylation sites is 1. The summed E-state index contributed by atoms with van der Waals surface area (Å²) in [7, 11) is -2.88. The molecule has 2 aromatic rings. The van der Waals surface area contributed by atoms with E-state index in [4.69, 9.17) is 0 Å². The summed E-state index contributed by atoms with van der Waals surface area (Å²) in [5.41, 5.74) is 2.07. The monoisotopic (exact) mass is 301 g/mol. The first-order valence-electron chi connectivity index (χ1n) is 6.84. The van der Waals surface area contributed by atoms with Gasteiger partial charge in [0.05, 0.1) is 28.3 Å². The zero-order valence-corrected chi connectivity index (χ0v) is 12.2. The van der Waals surface area contributed by atoms with Crippen molar-refractivity contribution in [1.29, 1.82) is 5.26 Å². The molecule has 1 aromatic heterocycles. The van der Waals surface area contributed by atoms with Crippen LogP contribution >= 0.6 is 0 Å². The van der Waals surface area contributed by atoms with E-state index in [2.05, 4.69) is 16.4 Å². The highest BCUT2D eigenvalue weighted by atomic mass is 32.2. The molecular weight excluding hydrogens is 286 g/mol. The number of rotatable bonds is 2. The number of fused-ring (bicyclic) bond motifs is 1. The molecule has 6 heteroatoms. The maximum absolute atomic E-state index is 11.5. The number of hydrogen-bond donors (Lipinski definition) is 1. The zero-order valence-electron chi connectivity index (χ0n) is 11.4. The van der Waals surface area contributed by atoms with E-state index < -0.39 is 9.84 Å². The molecular formula is C15H15N3O2S. The van der Waals surface area contributed by atoms with Crippen molar-refractivity contribution in [1.82, 2.24) is 4.98 Å². The highest BCUT2D eigenvalue weighted by Gasteiger charge is 2.24. The van der Waals surface area contributed by atoms with E-state index in [-0.39, 0.29) is 17.5 Å². The molecule has 21 heavy (non-hydrogen) atoms. The van der Waals surface area contributed by atoms with Crippen LogP contribution in [-0.4, -0.2) is 30.9 Å². The molecule has 3 rings (SSSR count). The molecule has 0 unspecified atom stereocenters. The molecule has 0 aliphatic carbocycles. The second kappa shape index (κ2) is 5.34. The Kier molecular flexibility index (Phi) is 3.52. The van der Waals surface area contributed by atoms with Crippen molar-refractivity contribution in [2.75, 3.05) is 16.8 Å². The highest BCUT2D eigenvalue weighted by molar-refractivity contribution is 7.91. The number of hydrogen-bond acceptors (Lipinski definition) is 5. The Bertz CT molecular complexity index is 810. The fourth-order valence-electron chi connectivity index (χ4n) is 2.62. The molecule has 0 amide bonds. The Morgan fingerprint density at radius 2 is 1.95 bits per heavy atom. The van der Waals surface area contributed by atoms with Gasteiger partial charge in [0.2, 0.25) is 0 Å². The first-order valence-corrected chi connectivity index (χ1v) is 8.66. The maximum Gasteiger partial charge on any atom is 0.150 e. The Morgan fingerprint density at radius 3 is 2.67 bits per heavy atom. The third-order valence-electron chi connectivity index (χ3n) is 3.80. The Balaban J connectivity index is 1.95. The lowest BCUT2D eigenvalue weighted by Gasteiger charge is -2.25. The van der Waals surface area contributed by atoms with E-state index in [1.807, 2.05) is 24.3 Å². The topological polar surface area (TPSA) is 82.8 Å². The van der Waals surface area contributed by atoms with Gasteiger partial charge in [-0.15, -0.1) is 0 Å². The van der Waals surface area contributed by atoms with Crippen LogP contribution < -0.4 is 5.32 Å². The van der Waals surface area contributed by atoms with Crippen LogP contribution in [0.1, 0.15) is 18.4 Å². The van der Waals surface area contributed by atoms with Gasteiger partial charge in [-0.1, -0.05) is 18.2 Å². The summed E-state index contributed by atoms with van der Waals surface area (Å²) in [6.07, 6.45) is 2.71. The summed E-state index contributed by atoms with van der Waals surface area (Å²) in [5.74, 6) is 0.408. The van der Waals surface area contributed by atoms with E-state index in [0.29, 0.717) is 18.4 Å². The summed E-state index contributed by atoms with van der Waals surface area (Å²) >= 11 is 0. The van der Waals surface area contributed by atoms with Gasteiger partial charge in [0, 0.05) is 17.6 Å². The normalized spacial score (nSPS) is 18.2. The molecule has 0 radical (unpaired) electrons. The molecule has 5 nitrogen and oxygen atoms in total. The SMILES string of the molecule is N#Cc1cnc2ccccc2c1NC1CCS(=O)(=O)CC1. The Labute approximate surface area is 123 Å². The lowest BCUT2D eigenvalue weighted by Crippen LogP contribution is -2.32. The molecule has 1 aromatic carbocycles. The van der Waals surface area contributed by atoms with E-state index >= 15 is 0 Å². The molecule has 1 saturated heterocycles. The van der Waals surface area contributed by atoms with E-state index in [1.165, 1.54) is 0 Å². The van der Waals surface area contributed by atoms with Crippen LogP contribution in [0.5, 0.6) is 0 Å². The second-order valence-corrected chi connectivity index (χ2v) is 7.55. The van der Waals surface area contributed by atoms with Crippen LogP contribution in [0.15, 0.2) is 30.5 Å². The number of anilines is 1. The average Bonchev–Trinajstić information content (AvgIpc) is 2.49. The van der Waals surface area contributed by atoms with Crippen molar-refractivity contribution < 1.29 is 8.42 Å². The summed E-state index contributed by atoms with van der Waals surface area (Å²) in [5, 5.41) is 13.5. The van der Waals surface area contributed by atoms with Gasteiger partial charge in [0.15, 0.2) is 0 Å². The minimum absolute atomic E-state index is 0.0754. The quantitative estimate of drug-likeness (QED) is 0.918. The van der Waals surface area contributed by atoms with Gasteiger partial charge in [0.25, 0.3) is 0 Å². The number of sulfone groups is 1. The van der Waals surface area contributed by atoms with Crippen molar-refractivity contribution in [3.63, 3.8) is 0 Å². The van der Waals surface area contributed by atoms with Gasteiger partial charge in [-0.25, -0.2) is 8.42 Å². The van der Waals surface area contributed by atoms with Crippen LogP contribution in [0.3, 0.4) is 0 Å². The van der Waals surface area contributed by atoms with Crippen LogP contribution in [0.4, 0.5) is 5.69 Å². The molecule has 1 aliphatic heterocycles. The first-order chi connectivity index (χ1) is 10.1. The third kappa shape index (κ3) is 2.83. The van der Waals surface area contributed by atoms with Crippen molar-refractivity contribution in [3.05, 3.63) is 36.0 Å². The summed E-state index contributed by atoms with van der Waals surface area (Å²) in [6.45, 7) is 0. The summed E-state index contributed by atoms with van der Waals surface area (Å²) in [6, 6.07) is 9.85. The highest BCUT2D eigenvalue weighted by Crippen LogP contribution is 2.28. The van der Waals surface area contributed by atoms with E-state index in [0.717, 1.165) is 16.6 Å². The molecule has 0 bridgehead atoms. The van der Waals surface area contributed by atoms with Gasteiger partial charge in [0.1, 0.15) is 15.9 Å². The number of nitrogens with one attached hydrogen (secondary N) is 1. The van der Waals surface area contributed by atoms with Gasteiger partial charge >= 0.3 is 0 Å². The fourth-order valence-corrected chi connectivity index (χ4v) is 4.11. The van der Waals surface area contributed by atoms with E-state index in [9.17, 15) is 13.7 Å². The Morgan fingerprint density at radius 1 is 1.24 bits per heavy atom. The number of aromatic nitrogens is 1. The van der Waals surface area contributed by atoms with Crippen LogP contribution in [0.2, 0.25) is 0 Å². The smallest absolute Gasteiger partial charge is 0.150 e. The van der Waals surface area contributed by atoms with Gasteiger partial charge < -0.3 is 5.32 Å². The van der Waals surface area contributed by atoms with Crippen molar-refractivity contribution in [2.24, 2.45) is 0 Å². The van der Waals surface area contributed by atoms with Gasteiger partial charge in [-0.05, 0) is 18.9 Å². The molecule has 1 fully saturated rings. The van der Waals surface area contributed by atoms with Crippen LogP contribution in [0.25, 0.3) is 10.9 Å². The molecule has 0 spiro atoms. The minimum atomic E-state index is -2.88. The first kappa shape index (κ1) is 13.8. The summed E-state index contributed by atoms with van der Waals surface area (Å²) in [4.78, 5) is 4.27. The second-order valence-electron chi connectivity index (χ2n) is 5.25. The standard InChI is InChI=1S/C15H15N3O2S/c16-9-11-10-17-14-4-2-1-3-13(14)15(11)18-12-5-7-21(19,20)8-6-12/h1-4,10,12H,5-8H2,(H,17,18). The van der Waals surface area contributed by atoms with Crippen molar-refractivity contribution in [2.45, 2.75) is 18.9 Å². The van der Waals surface area contributed by atoms with Crippen LogP contribution in [0, 0.1) is 11.3 Å². The predicted octanol–water partition coefficient (Wildman–Crippen LogP) is 2.10. The number of nitriles is 1. The Hall–Kier alpha value is -2.13. The molecule has 2 heterocycles. The predicted molar refractivity (Wildman–Crippen MR) is 81.8 cm³/mol. The third-order valence-corrected chi connectivity index (χ3v) is 5.51. The lowest BCUT2D eigenvalue weighted by molar-refractivity contribution is 0.559. The molecule has 0 saturated carbocycles. The van der Waals surface area contributed by atoms with Gasteiger partial charge in [-0.2, -0.15) is 5.26 Å². The zero-order chi connectivity index (χ0) is 14.9. The lowest BCUT2D eigenvalue weighted by atomic mass is 10.1. The number of benzene rings is 1. The minimum Gasteiger partial charge on any atom is -0.381 e. The largest absolute Gasteiger partial charge is 0.381 e. The fraction of sp³-hybridized carbons (Fsp3) is 0.333. The molecule has 0 atom stereocenters. The molecule has 1 aliphatic rings. The van der Waals surface area contributed by atoms with Crippen LogP contribution in [-0.2, 0) is 9.84 Å². The van der Waals surface area contributed by atoms with Gasteiger partial charge in [-0.3, -0.25) is 4.98 Å². The van der Waals surface area contributed by atoms with Crippen molar-refractivity contribution >= 4 is 26.4 Å². The maximum atomic E-state index is 11.5.